The van der Waals surface area contributed by atoms with Crippen LogP contribution in [0.3, 0.4) is 0 Å². The van der Waals surface area contributed by atoms with Gasteiger partial charge in [0.05, 0.1) is 35.6 Å². The predicted octanol–water partition coefficient (Wildman–Crippen LogP) is 5.85. The van der Waals surface area contributed by atoms with Gasteiger partial charge in [0.15, 0.2) is 11.5 Å². The normalized spacial score (nSPS) is 20.9. The minimum Gasteiger partial charge on any atom is -0.468 e. The van der Waals surface area contributed by atoms with E-state index in [1.807, 2.05) is 62.4 Å². The number of methoxy groups -OCH3 is 1. The molecule has 0 saturated carbocycles. The van der Waals surface area contributed by atoms with Crippen molar-refractivity contribution in [1.29, 1.82) is 0 Å². The summed E-state index contributed by atoms with van der Waals surface area (Å²) in [5.41, 5.74) is 3.17. The van der Waals surface area contributed by atoms with Gasteiger partial charge in [0, 0.05) is 11.5 Å². The average molecular weight is 650 g/mol. The molecule has 0 N–H and O–H groups in total. The summed E-state index contributed by atoms with van der Waals surface area (Å²) < 4.78 is 56.1. The smallest absolute Gasteiger partial charge is 0.318 e. The van der Waals surface area contributed by atoms with Gasteiger partial charge in [-0.25, -0.2) is 13.1 Å². The molecule has 5 aromatic rings. The number of sulfonamides is 1. The zero-order valence-corrected chi connectivity index (χ0v) is 26.7. The largest absolute Gasteiger partial charge is 0.468 e. The first-order valence-electron chi connectivity index (χ1n) is 15.2. The number of hydrogen-bond acceptors (Lipinski definition) is 8. The molecule has 1 aromatic heterocycles. The molecule has 0 spiro atoms. The van der Waals surface area contributed by atoms with Crippen LogP contribution in [-0.4, -0.2) is 44.6 Å². The highest BCUT2D eigenvalue weighted by Gasteiger charge is 2.65. The summed E-state index contributed by atoms with van der Waals surface area (Å²) in [5, 5.41) is 4.92. The van der Waals surface area contributed by atoms with Crippen molar-refractivity contribution in [2.75, 3.05) is 24.8 Å². The topological polar surface area (TPSA) is 109 Å². The second-order valence-electron chi connectivity index (χ2n) is 12.0. The van der Waals surface area contributed by atoms with E-state index in [1.165, 1.54) is 11.4 Å². The molecule has 0 bridgehead atoms. The van der Waals surface area contributed by atoms with Crippen molar-refractivity contribution in [3.8, 4) is 23.1 Å². The number of hydrogen-bond donors (Lipinski definition) is 0. The number of rotatable bonds is 5. The summed E-state index contributed by atoms with van der Waals surface area (Å²) >= 11 is 0. The molecule has 3 aliphatic rings. The van der Waals surface area contributed by atoms with E-state index in [1.54, 1.807) is 53.2 Å². The predicted molar refractivity (Wildman–Crippen MR) is 173 cm³/mol. The van der Waals surface area contributed by atoms with Crippen LogP contribution in [0.25, 0.3) is 5.69 Å². The van der Waals surface area contributed by atoms with Crippen LogP contribution in [0.15, 0.2) is 102 Å². The Balaban J connectivity index is 1.44. The number of aromatic nitrogens is 2. The fraction of sp³-hybridized carbons (Fsp3) is 0.222. The molecular weight excluding hydrogens is 618 g/mol. The monoisotopic (exact) mass is 649 g/mol. The van der Waals surface area contributed by atoms with Gasteiger partial charge in [-0.1, -0.05) is 60.2 Å². The van der Waals surface area contributed by atoms with E-state index in [0.717, 1.165) is 11.3 Å². The van der Waals surface area contributed by atoms with Crippen LogP contribution in [0.5, 0.6) is 17.4 Å². The van der Waals surface area contributed by atoms with Gasteiger partial charge in [0.1, 0.15) is 11.5 Å². The van der Waals surface area contributed by atoms with Gasteiger partial charge < -0.3 is 18.9 Å². The van der Waals surface area contributed by atoms with E-state index in [2.05, 4.69) is 0 Å². The zero-order valence-electron chi connectivity index (χ0n) is 25.9. The number of aryl methyl sites for hydroxylation is 2. The maximum Gasteiger partial charge on any atom is 0.318 e. The third-order valence-corrected chi connectivity index (χ3v) is 11.1. The van der Waals surface area contributed by atoms with Crippen LogP contribution in [0.4, 0.5) is 5.69 Å². The van der Waals surface area contributed by atoms with Crippen molar-refractivity contribution >= 4 is 21.7 Å². The SMILES string of the molecule is COC(=O)[C@]12CN(S(=O)(=O)c3ccc(C)cc3)c3ccccc3[C@H]1c1c(C)nn(-c3ccccc3)c1O[C@H]2c1ccc2c(c1)OCO2. The van der Waals surface area contributed by atoms with E-state index >= 15 is 0 Å². The Morgan fingerprint density at radius 2 is 1.64 bits per heavy atom. The summed E-state index contributed by atoms with van der Waals surface area (Å²) in [4.78, 5) is 14.7. The van der Waals surface area contributed by atoms with Gasteiger partial charge in [-0.05, 0) is 67.4 Å². The van der Waals surface area contributed by atoms with E-state index in [0.29, 0.717) is 45.5 Å². The molecule has 4 heterocycles. The van der Waals surface area contributed by atoms with Gasteiger partial charge in [-0.3, -0.25) is 9.10 Å². The third-order valence-electron chi connectivity index (χ3n) is 9.36. The molecule has 3 aliphatic heterocycles. The number of benzene rings is 4. The highest BCUT2D eigenvalue weighted by atomic mass is 32.2. The van der Waals surface area contributed by atoms with Gasteiger partial charge in [0.2, 0.25) is 12.7 Å². The second-order valence-corrected chi connectivity index (χ2v) is 13.9. The van der Waals surface area contributed by atoms with Crippen molar-refractivity contribution in [2.45, 2.75) is 30.8 Å². The Bertz CT molecular complexity index is 2150. The first kappa shape index (κ1) is 29.1. The third kappa shape index (κ3) is 4.26. The summed E-state index contributed by atoms with van der Waals surface area (Å²) in [5.74, 6) is 0.234. The second kappa shape index (κ2) is 10.6. The molecule has 0 aliphatic carbocycles. The molecule has 3 atom stereocenters. The molecule has 0 radical (unpaired) electrons. The van der Waals surface area contributed by atoms with Gasteiger partial charge in [-0.15, -0.1) is 0 Å². The lowest BCUT2D eigenvalue weighted by Crippen LogP contribution is -2.59. The van der Waals surface area contributed by atoms with E-state index in [4.69, 9.17) is 24.0 Å². The van der Waals surface area contributed by atoms with Crippen molar-refractivity contribution < 1.29 is 32.2 Å². The number of fused-ring (bicyclic) bond motifs is 6. The molecule has 0 unspecified atom stereocenters. The van der Waals surface area contributed by atoms with Crippen molar-refractivity contribution in [3.05, 3.63) is 125 Å². The number of para-hydroxylation sites is 2. The number of nitrogens with zero attached hydrogens (tertiary/aromatic N) is 3. The average Bonchev–Trinajstić information content (AvgIpc) is 3.71. The fourth-order valence-electron chi connectivity index (χ4n) is 7.20. The van der Waals surface area contributed by atoms with Gasteiger partial charge >= 0.3 is 5.97 Å². The summed E-state index contributed by atoms with van der Waals surface area (Å²) in [7, 11) is -2.84. The van der Waals surface area contributed by atoms with Crippen LogP contribution < -0.4 is 18.5 Å². The van der Waals surface area contributed by atoms with Gasteiger partial charge in [-0.2, -0.15) is 5.10 Å². The maximum atomic E-state index is 14.6. The number of carbonyl (C=O) groups is 1. The van der Waals surface area contributed by atoms with Gasteiger partial charge in [0.25, 0.3) is 10.0 Å². The summed E-state index contributed by atoms with van der Waals surface area (Å²) in [6, 6.07) is 29.0. The van der Waals surface area contributed by atoms with Crippen LogP contribution in [0, 0.1) is 19.3 Å². The Kier molecular flexibility index (Phi) is 6.59. The van der Waals surface area contributed by atoms with Crippen LogP contribution in [0.1, 0.15) is 40.0 Å². The molecule has 8 rings (SSSR count). The highest BCUT2D eigenvalue weighted by Crippen LogP contribution is 2.63. The molecule has 4 aromatic carbocycles. The summed E-state index contributed by atoms with van der Waals surface area (Å²) in [6.45, 7) is 3.58. The minimum absolute atomic E-state index is 0.0646. The Hall–Kier alpha value is -5.29. The highest BCUT2D eigenvalue weighted by molar-refractivity contribution is 7.92. The lowest BCUT2D eigenvalue weighted by Gasteiger charge is -2.52. The van der Waals surface area contributed by atoms with Crippen LogP contribution in [-0.2, 0) is 19.6 Å². The van der Waals surface area contributed by atoms with E-state index in [-0.39, 0.29) is 18.2 Å². The van der Waals surface area contributed by atoms with E-state index in [9.17, 15) is 13.2 Å². The van der Waals surface area contributed by atoms with Crippen molar-refractivity contribution in [1.82, 2.24) is 9.78 Å². The van der Waals surface area contributed by atoms with E-state index < -0.39 is 33.4 Å². The number of esters is 1. The zero-order chi connectivity index (χ0) is 32.5. The minimum atomic E-state index is -4.16. The molecule has 0 amide bonds. The van der Waals surface area contributed by atoms with Crippen LogP contribution in [0.2, 0.25) is 0 Å². The quantitative estimate of drug-likeness (QED) is 0.218. The van der Waals surface area contributed by atoms with Crippen molar-refractivity contribution in [2.24, 2.45) is 5.41 Å². The first-order chi connectivity index (χ1) is 22.7. The standard InChI is InChI=1S/C36H31N3O7S/c1-22-13-16-26(17-14-22)47(41,42)38-20-36(35(40)43-3)32(27-11-7-8-12-28(27)38)31-23(2)37-39(25-9-5-4-6-10-25)34(31)46-33(36)24-15-18-29-30(19-24)45-21-44-29/h4-19,32-33H,20-21H2,1-3H3/t32-,33-,36+/m0/s1. The molecule has 0 saturated heterocycles. The number of carbonyl (C=O) groups excluding carboxylic acids is 1. The Labute approximate surface area is 272 Å². The molecule has 47 heavy (non-hydrogen) atoms. The van der Waals surface area contributed by atoms with Crippen molar-refractivity contribution in [3.63, 3.8) is 0 Å². The molecule has 11 heteroatoms. The maximum absolute atomic E-state index is 14.6. The number of anilines is 1. The lowest BCUT2D eigenvalue weighted by atomic mass is 9.60. The van der Waals surface area contributed by atoms with Crippen LogP contribution >= 0.6 is 0 Å². The Morgan fingerprint density at radius 3 is 2.40 bits per heavy atom. The lowest BCUT2D eigenvalue weighted by molar-refractivity contribution is -0.162. The molecular formula is C36H31N3O7S. The Morgan fingerprint density at radius 1 is 0.915 bits per heavy atom. The molecule has 0 fully saturated rings. The number of ether oxygens (including phenoxy) is 4. The molecule has 238 valence electrons. The fourth-order valence-corrected chi connectivity index (χ4v) is 8.74. The summed E-state index contributed by atoms with van der Waals surface area (Å²) in [6.07, 6.45) is -1.02. The first-order valence-corrected chi connectivity index (χ1v) is 16.7. The molecule has 10 nitrogen and oxygen atoms in total.